The molecule has 8 nitrogen and oxygen atoms in total. The van der Waals surface area contributed by atoms with Crippen LogP contribution in [0.2, 0.25) is 0 Å². The molecule has 8 heteroatoms. The van der Waals surface area contributed by atoms with Crippen LogP contribution < -0.4 is 11.0 Å². The first-order valence-electron chi connectivity index (χ1n) is 18.8. The van der Waals surface area contributed by atoms with Crippen LogP contribution in [-0.2, 0) is 5.91 Å². The molecule has 258 valence electrons. The van der Waals surface area contributed by atoms with Gasteiger partial charge in [0.25, 0.3) is 23.3 Å². The Morgan fingerprint density at radius 2 is 1.00 bits per heavy atom. The number of rotatable bonds is 0. The number of nitrogens with zero attached hydrogens (tertiary/aromatic N) is 8. The highest BCUT2D eigenvalue weighted by Gasteiger charge is 2.69. The minimum atomic E-state index is -1.00. The third kappa shape index (κ3) is 2.85. The van der Waals surface area contributed by atoms with Gasteiger partial charge >= 0.3 is 5.91 Å². The second-order valence-electron chi connectivity index (χ2n) is 16.4. The van der Waals surface area contributed by atoms with Crippen LogP contribution in [0.4, 0.5) is 11.6 Å². The number of hydrogen-bond donors (Lipinski definition) is 0. The quantitative estimate of drug-likeness (QED) is 0.149. The summed E-state index contributed by atoms with van der Waals surface area (Å²) >= 11 is 0. The molecule has 1 unspecified atom stereocenters. The van der Waals surface area contributed by atoms with Gasteiger partial charge in [0.2, 0.25) is 11.3 Å². The van der Waals surface area contributed by atoms with Gasteiger partial charge in [-0.3, -0.25) is 0 Å². The zero-order chi connectivity index (χ0) is 36.6. The van der Waals surface area contributed by atoms with Crippen LogP contribution in [0, 0.1) is 83.1 Å². The van der Waals surface area contributed by atoms with Crippen molar-refractivity contribution in [2.24, 2.45) is 20.0 Å². The maximum Gasteiger partial charge on any atom is 0.402 e. The maximum absolute atomic E-state index is 5.77. The molecule has 0 saturated heterocycles. The molecule has 12 rings (SSSR count). The van der Waals surface area contributed by atoms with Gasteiger partial charge < -0.3 is 0 Å². The minimum absolute atomic E-state index is 0.931. The largest absolute Gasteiger partial charge is 0.402 e. The van der Waals surface area contributed by atoms with Crippen molar-refractivity contribution in [2.45, 2.75) is 89.0 Å². The van der Waals surface area contributed by atoms with Crippen molar-refractivity contribution in [2.75, 3.05) is 0 Å². The van der Waals surface area contributed by atoms with Gasteiger partial charge in [0.05, 0.1) is 22.3 Å². The first-order chi connectivity index (χ1) is 25.3. The predicted octanol–water partition coefficient (Wildman–Crippen LogP) is 7.41. The summed E-state index contributed by atoms with van der Waals surface area (Å²) in [6, 6.07) is 9.37. The van der Waals surface area contributed by atoms with Gasteiger partial charge in [0, 0.05) is 21.5 Å². The number of fused-ring (bicyclic) bond motifs is 12. The van der Waals surface area contributed by atoms with Crippen molar-refractivity contribution in [3.8, 4) is 0 Å². The zero-order valence-corrected chi connectivity index (χ0v) is 32.4. The molecule has 1 spiro atoms. The lowest BCUT2D eigenvalue weighted by Crippen LogP contribution is -2.71. The fourth-order valence-corrected chi connectivity index (χ4v) is 10.5. The van der Waals surface area contributed by atoms with E-state index in [0.717, 1.165) is 89.8 Å². The van der Waals surface area contributed by atoms with Crippen LogP contribution in [-0.4, -0.2) is 41.6 Å². The minimum Gasteiger partial charge on any atom is -0.211 e. The number of aryl methyl sites for hydroxylation is 6. The average Bonchev–Trinajstić information content (AvgIpc) is 3.82. The number of hydrogen-bond acceptors (Lipinski definition) is 4. The van der Waals surface area contributed by atoms with Crippen LogP contribution in [0.15, 0.2) is 44.2 Å². The molecule has 0 aliphatic carbocycles. The van der Waals surface area contributed by atoms with Gasteiger partial charge in [0.15, 0.2) is 11.3 Å². The first kappa shape index (κ1) is 29.8. The highest BCUT2D eigenvalue weighted by molar-refractivity contribution is 6.25. The van der Waals surface area contributed by atoms with Crippen LogP contribution in [0.3, 0.4) is 0 Å². The molecule has 0 bridgehead atoms. The molecule has 0 N–H and O–H groups in total. The van der Waals surface area contributed by atoms with E-state index in [0.29, 0.717) is 0 Å². The predicted molar refractivity (Wildman–Crippen MR) is 210 cm³/mol. The van der Waals surface area contributed by atoms with Crippen molar-refractivity contribution < 1.29 is 9.15 Å². The lowest BCUT2D eigenvalue weighted by atomic mass is 9.93. The van der Waals surface area contributed by atoms with Gasteiger partial charge in [-0.2, -0.15) is 0 Å². The summed E-state index contributed by atoms with van der Waals surface area (Å²) in [5.74, 6) is 4.61. The Balaban J connectivity index is 1.44. The van der Waals surface area contributed by atoms with Crippen LogP contribution >= 0.6 is 0 Å². The molecule has 6 aliphatic heterocycles. The molecule has 4 aromatic carbocycles. The molecule has 53 heavy (non-hydrogen) atoms. The second-order valence-corrected chi connectivity index (χ2v) is 16.4. The van der Waals surface area contributed by atoms with Crippen molar-refractivity contribution in [3.05, 3.63) is 124 Å². The van der Waals surface area contributed by atoms with Crippen molar-refractivity contribution >= 4 is 56.5 Å². The summed E-state index contributed by atoms with van der Waals surface area (Å²) in [5, 5.41) is 4.60. The highest BCUT2D eigenvalue weighted by Crippen LogP contribution is 2.54. The summed E-state index contributed by atoms with van der Waals surface area (Å²) in [6.45, 7) is 26.9. The Hall–Kier alpha value is -5.76. The Labute approximate surface area is 307 Å². The molecule has 0 saturated carbocycles. The summed E-state index contributed by atoms with van der Waals surface area (Å²) in [4.78, 5) is 23.0. The maximum atomic E-state index is 5.77. The van der Waals surface area contributed by atoms with E-state index in [1.54, 1.807) is 0 Å². The summed E-state index contributed by atoms with van der Waals surface area (Å²) < 4.78 is 9.79. The fraction of sp³-hybridized carbons (Fsp3) is 0.289. The van der Waals surface area contributed by atoms with E-state index in [-0.39, 0.29) is 0 Å². The zero-order valence-electron chi connectivity index (χ0n) is 32.4. The Bertz CT molecular complexity index is 3280. The van der Waals surface area contributed by atoms with Crippen LogP contribution in [0.25, 0.3) is 21.5 Å². The number of benzene rings is 4. The van der Waals surface area contributed by atoms with E-state index >= 15 is 0 Å². The first-order valence-corrected chi connectivity index (χ1v) is 18.8. The van der Waals surface area contributed by atoms with Crippen LogP contribution in [0.5, 0.6) is 0 Å². The molecule has 6 aliphatic rings. The van der Waals surface area contributed by atoms with Gasteiger partial charge in [-0.05, 0) is 174 Å². The lowest BCUT2D eigenvalue weighted by molar-refractivity contribution is -0.791. The number of aliphatic imine (C=N–C) groups is 2. The molecule has 0 radical (unpaired) electrons. The smallest absolute Gasteiger partial charge is 0.211 e. The molecule has 0 fully saturated rings. The van der Waals surface area contributed by atoms with Gasteiger partial charge in [-0.25, -0.2) is 14.1 Å². The van der Waals surface area contributed by atoms with Crippen molar-refractivity contribution in [3.63, 3.8) is 0 Å². The fourth-order valence-electron chi connectivity index (χ4n) is 10.5. The topological polar surface area (TPSA) is 65.3 Å². The van der Waals surface area contributed by atoms with Gasteiger partial charge in [-0.15, -0.1) is 9.15 Å². The van der Waals surface area contributed by atoms with Crippen molar-refractivity contribution in [1.29, 1.82) is 0 Å². The molecule has 2 aromatic heterocycles. The van der Waals surface area contributed by atoms with E-state index in [1.807, 2.05) is 0 Å². The average molecular weight is 693 g/mol. The van der Waals surface area contributed by atoms with E-state index in [1.165, 1.54) is 66.8 Å². The van der Waals surface area contributed by atoms with E-state index in [2.05, 4.69) is 126 Å². The SMILES string of the molecule is Cc1cc2c(c(C)c1C)C1=Nc3c4cc(C)c(C)c(C)c4c4n3C35n6c(c7cc(C)c(C)c(C)c7c6=N4)=NC4=[N+]3C(=NC2=[N+]15)c1cc(C)c(C)c(C)c14. The molecular weight excluding hydrogens is 653 g/mol. The Kier molecular flexibility index (Phi) is 4.89. The summed E-state index contributed by atoms with van der Waals surface area (Å²) in [6.07, 6.45) is 0. The third-order valence-electron chi connectivity index (χ3n) is 14.2. The summed E-state index contributed by atoms with van der Waals surface area (Å²) in [5.41, 5.74) is 21.7. The van der Waals surface area contributed by atoms with E-state index < -0.39 is 5.91 Å². The van der Waals surface area contributed by atoms with Gasteiger partial charge in [-0.1, -0.05) is 15.0 Å². The van der Waals surface area contributed by atoms with E-state index in [9.17, 15) is 0 Å². The van der Waals surface area contributed by atoms with Gasteiger partial charge in [0.1, 0.15) is 0 Å². The molecular formula is C45H40N8+2. The third-order valence-corrected chi connectivity index (χ3v) is 14.2. The molecule has 1 atom stereocenters. The normalized spacial score (nSPS) is 19.0. The van der Waals surface area contributed by atoms with Crippen LogP contribution in [0.1, 0.15) is 89.0 Å². The summed E-state index contributed by atoms with van der Waals surface area (Å²) in [7, 11) is 0. The lowest BCUT2D eigenvalue weighted by Gasteiger charge is -2.41. The molecule has 0 amide bonds. The van der Waals surface area contributed by atoms with E-state index in [4.69, 9.17) is 20.0 Å². The Morgan fingerprint density at radius 1 is 0.434 bits per heavy atom. The molecule has 6 aromatic rings. The monoisotopic (exact) mass is 692 g/mol. The standard InChI is InChI=1S/C45H40N8/c1-17-13-29-33(25(9)21(17)5)41-47-39-31-15-19(3)23(7)27(11)35(31)43-49-44-36-28(12)24(8)20(4)16-32(36)40-48-42-34-26(10)22(6)18(2)14-30(34)38-46-37(29)50(41)45(51(38)42,52(39)43)53(40)44/h13-16H,1-12H3/q+2. The second kappa shape index (κ2) is 8.71. The number of amidine groups is 4. The highest BCUT2D eigenvalue weighted by atomic mass is 15.7. The number of aromatic nitrogens is 2. The molecule has 8 heterocycles. The Morgan fingerprint density at radius 3 is 1.70 bits per heavy atom. The van der Waals surface area contributed by atoms with Crippen molar-refractivity contribution in [1.82, 2.24) is 9.13 Å².